The maximum absolute atomic E-state index is 12.9. The SMILES string of the molecule is O=C(c1ccc(-c2nc3ccccc3[nH]2)cc1)c1cc2c(cc1Cl)OCO2. The second kappa shape index (κ2) is 6.14. The molecule has 0 unspecified atom stereocenters. The number of rotatable bonds is 3. The molecule has 1 N–H and O–H groups in total. The summed E-state index contributed by atoms with van der Waals surface area (Å²) in [5.74, 6) is 1.67. The van der Waals surface area contributed by atoms with Gasteiger partial charge in [0.2, 0.25) is 6.79 Å². The number of hydrogen-bond donors (Lipinski definition) is 1. The topological polar surface area (TPSA) is 64.2 Å². The molecule has 5 rings (SSSR count). The third-order valence-electron chi connectivity index (χ3n) is 4.52. The Hall–Kier alpha value is -3.31. The minimum Gasteiger partial charge on any atom is -0.454 e. The molecule has 2 heterocycles. The Morgan fingerprint density at radius 1 is 1.00 bits per heavy atom. The summed E-state index contributed by atoms with van der Waals surface area (Å²) in [7, 11) is 0. The molecule has 5 nitrogen and oxygen atoms in total. The Morgan fingerprint density at radius 2 is 1.74 bits per heavy atom. The van der Waals surface area contributed by atoms with Gasteiger partial charge in [-0.1, -0.05) is 48.0 Å². The molecule has 0 amide bonds. The van der Waals surface area contributed by atoms with Crippen LogP contribution in [0.15, 0.2) is 60.7 Å². The highest BCUT2D eigenvalue weighted by molar-refractivity contribution is 6.35. The maximum atomic E-state index is 12.9. The lowest BCUT2D eigenvalue weighted by Crippen LogP contribution is -2.02. The average Bonchev–Trinajstić information content (AvgIpc) is 3.33. The number of carbonyl (C=O) groups is 1. The standard InChI is InChI=1S/C21H13ClN2O3/c22-15-10-19-18(26-11-27-19)9-14(15)20(25)12-5-7-13(8-6-12)21-23-16-3-1-2-4-17(16)24-21/h1-10H,11H2,(H,23,24). The van der Waals surface area contributed by atoms with Gasteiger partial charge in [-0.25, -0.2) is 4.98 Å². The summed E-state index contributed by atoms with van der Waals surface area (Å²) in [6.45, 7) is 0.134. The summed E-state index contributed by atoms with van der Waals surface area (Å²) in [4.78, 5) is 20.7. The maximum Gasteiger partial charge on any atom is 0.231 e. The molecule has 1 aliphatic rings. The van der Waals surface area contributed by atoms with E-state index in [0.717, 1.165) is 22.4 Å². The van der Waals surface area contributed by atoms with Crippen LogP contribution in [0.5, 0.6) is 11.5 Å². The zero-order chi connectivity index (χ0) is 18.4. The number of nitrogens with one attached hydrogen (secondary N) is 1. The second-order valence-electron chi connectivity index (χ2n) is 6.19. The molecule has 132 valence electrons. The normalized spacial score (nSPS) is 12.5. The zero-order valence-corrected chi connectivity index (χ0v) is 14.8. The quantitative estimate of drug-likeness (QED) is 0.519. The molecule has 0 atom stereocenters. The first-order chi connectivity index (χ1) is 13.2. The molecule has 6 heteroatoms. The first-order valence-corrected chi connectivity index (χ1v) is 8.76. The van der Waals surface area contributed by atoms with E-state index < -0.39 is 0 Å². The molecule has 1 aromatic heterocycles. The molecular weight excluding hydrogens is 364 g/mol. The smallest absolute Gasteiger partial charge is 0.231 e. The number of ether oxygens (including phenoxy) is 2. The van der Waals surface area contributed by atoms with Gasteiger partial charge in [0.15, 0.2) is 17.3 Å². The molecule has 0 saturated heterocycles. The zero-order valence-electron chi connectivity index (χ0n) is 14.0. The van der Waals surface area contributed by atoms with Gasteiger partial charge in [-0.15, -0.1) is 0 Å². The summed E-state index contributed by atoms with van der Waals surface area (Å²) in [5.41, 5.74) is 3.70. The van der Waals surface area contributed by atoms with Crippen molar-refractivity contribution >= 4 is 28.4 Å². The first kappa shape index (κ1) is 15.9. The third-order valence-corrected chi connectivity index (χ3v) is 4.83. The van der Waals surface area contributed by atoms with Crippen molar-refractivity contribution in [1.82, 2.24) is 9.97 Å². The van der Waals surface area contributed by atoms with E-state index in [4.69, 9.17) is 21.1 Å². The first-order valence-electron chi connectivity index (χ1n) is 8.38. The highest BCUT2D eigenvalue weighted by atomic mass is 35.5. The number of para-hydroxylation sites is 2. The molecule has 27 heavy (non-hydrogen) atoms. The lowest BCUT2D eigenvalue weighted by Gasteiger charge is -2.06. The van der Waals surface area contributed by atoms with Crippen LogP contribution in [0.2, 0.25) is 5.02 Å². The summed E-state index contributed by atoms with van der Waals surface area (Å²) >= 11 is 6.25. The van der Waals surface area contributed by atoms with E-state index in [1.807, 2.05) is 36.4 Å². The fourth-order valence-corrected chi connectivity index (χ4v) is 3.36. The summed E-state index contributed by atoms with van der Waals surface area (Å²) in [6.07, 6.45) is 0. The molecule has 0 saturated carbocycles. The summed E-state index contributed by atoms with van der Waals surface area (Å²) in [6, 6.07) is 18.3. The number of benzene rings is 3. The van der Waals surface area contributed by atoms with Crippen LogP contribution < -0.4 is 9.47 Å². The average molecular weight is 377 g/mol. The van der Waals surface area contributed by atoms with E-state index in [1.54, 1.807) is 24.3 Å². The van der Waals surface area contributed by atoms with Crippen molar-refractivity contribution in [2.24, 2.45) is 0 Å². The molecule has 3 aromatic carbocycles. The van der Waals surface area contributed by atoms with E-state index in [1.165, 1.54) is 0 Å². The molecular formula is C21H13ClN2O3. The van der Waals surface area contributed by atoms with Gasteiger partial charge in [-0.2, -0.15) is 0 Å². The van der Waals surface area contributed by atoms with Crippen LogP contribution in [0.4, 0.5) is 0 Å². The molecule has 0 spiro atoms. The predicted octanol–water partition coefficient (Wildman–Crippen LogP) is 4.84. The summed E-state index contributed by atoms with van der Waals surface area (Å²) < 4.78 is 10.6. The third kappa shape index (κ3) is 2.73. The number of hydrogen-bond acceptors (Lipinski definition) is 4. The Bertz CT molecular complexity index is 1150. The minimum absolute atomic E-state index is 0.134. The van der Waals surface area contributed by atoms with Gasteiger partial charge in [0, 0.05) is 22.8 Å². The molecule has 0 bridgehead atoms. The number of H-pyrrole nitrogens is 1. The van der Waals surface area contributed by atoms with Crippen molar-refractivity contribution in [1.29, 1.82) is 0 Å². The predicted molar refractivity (Wildman–Crippen MR) is 103 cm³/mol. The Kier molecular flexibility index (Phi) is 3.62. The van der Waals surface area contributed by atoms with Crippen molar-refractivity contribution in [3.8, 4) is 22.9 Å². The van der Waals surface area contributed by atoms with Crippen LogP contribution >= 0.6 is 11.6 Å². The van der Waals surface area contributed by atoms with E-state index in [9.17, 15) is 4.79 Å². The Morgan fingerprint density at radius 3 is 2.52 bits per heavy atom. The van der Waals surface area contributed by atoms with E-state index >= 15 is 0 Å². The number of aromatic amines is 1. The highest BCUT2D eigenvalue weighted by Gasteiger charge is 2.21. The van der Waals surface area contributed by atoms with Crippen molar-refractivity contribution in [3.05, 3.63) is 76.8 Å². The molecule has 0 radical (unpaired) electrons. The number of aromatic nitrogens is 2. The largest absolute Gasteiger partial charge is 0.454 e. The van der Waals surface area contributed by atoms with Crippen LogP contribution in [-0.2, 0) is 0 Å². The lowest BCUT2D eigenvalue weighted by atomic mass is 10.0. The van der Waals surface area contributed by atoms with Gasteiger partial charge in [0.1, 0.15) is 5.82 Å². The Balaban J connectivity index is 1.47. The van der Waals surface area contributed by atoms with Crippen molar-refractivity contribution < 1.29 is 14.3 Å². The van der Waals surface area contributed by atoms with Crippen LogP contribution in [0.3, 0.4) is 0 Å². The number of nitrogens with zero attached hydrogens (tertiary/aromatic N) is 1. The van der Waals surface area contributed by atoms with Crippen molar-refractivity contribution in [2.45, 2.75) is 0 Å². The van der Waals surface area contributed by atoms with Crippen LogP contribution in [-0.4, -0.2) is 22.5 Å². The molecule has 4 aromatic rings. The number of imidazole rings is 1. The van der Waals surface area contributed by atoms with Gasteiger partial charge in [-0.3, -0.25) is 4.79 Å². The van der Waals surface area contributed by atoms with Crippen molar-refractivity contribution in [3.63, 3.8) is 0 Å². The van der Waals surface area contributed by atoms with E-state index in [-0.39, 0.29) is 12.6 Å². The number of ketones is 1. The second-order valence-corrected chi connectivity index (χ2v) is 6.60. The van der Waals surface area contributed by atoms with Gasteiger partial charge in [0.05, 0.1) is 16.1 Å². The fraction of sp³-hybridized carbons (Fsp3) is 0.0476. The van der Waals surface area contributed by atoms with Crippen molar-refractivity contribution in [2.75, 3.05) is 6.79 Å². The lowest BCUT2D eigenvalue weighted by molar-refractivity contribution is 0.103. The van der Waals surface area contributed by atoms with Gasteiger partial charge in [-0.05, 0) is 18.2 Å². The van der Waals surface area contributed by atoms with Gasteiger partial charge >= 0.3 is 0 Å². The van der Waals surface area contributed by atoms with Crippen LogP contribution in [0.25, 0.3) is 22.4 Å². The van der Waals surface area contributed by atoms with E-state index in [0.29, 0.717) is 27.6 Å². The molecule has 0 aliphatic carbocycles. The number of carbonyl (C=O) groups excluding carboxylic acids is 1. The summed E-state index contributed by atoms with van der Waals surface area (Å²) in [5, 5.41) is 0.339. The van der Waals surface area contributed by atoms with Crippen LogP contribution in [0, 0.1) is 0 Å². The number of fused-ring (bicyclic) bond motifs is 2. The fourth-order valence-electron chi connectivity index (χ4n) is 3.12. The minimum atomic E-state index is -0.172. The van der Waals surface area contributed by atoms with Crippen LogP contribution in [0.1, 0.15) is 15.9 Å². The monoisotopic (exact) mass is 376 g/mol. The Labute approximate surface area is 159 Å². The molecule has 1 aliphatic heterocycles. The van der Waals surface area contributed by atoms with Gasteiger partial charge in [0.25, 0.3) is 0 Å². The molecule has 0 fully saturated rings. The number of halogens is 1. The van der Waals surface area contributed by atoms with Gasteiger partial charge < -0.3 is 14.5 Å². The highest BCUT2D eigenvalue weighted by Crippen LogP contribution is 2.37. The van der Waals surface area contributed by atoms with E-state index in [2.05, 4.69) is 9.97 Å².